The maximum absolute atomic E-state index is 5.33. The highest BCUT2D eigenvalue weighted by Gasteiger charge is 2.38. The Morgan fingerprint density at radius 3 is 3.33 bits per heavy atom. The van der Waals surface area contributed by atoms with Gasteiger partial charge in [-0.15, -0.1) is 0 Å². The van der Waals surface area contributed by atoms with Crippen molar-refractivity contribution in [3.05, 3.63) is 11.6 Å². The summed E-state index contributed by atoms with van der Waals surface area (Å²) in [5.74, 6) is 0. The lowest BCUT2D eigenvalue weighted by Gasteiger charge is -2.05. The monoisotopic (exact) mass is 124 g/mol. The van der Waals surface area contributed by atoms with E-state index in [1.165, 1.54) is 19.3 Å². The Morgan fingerprint density at radius 2 is 2.67 bits per heavy atom. The van der Waals surface area contributed by atoms with Crippen LogP contribution in [0, 0.1) is 0 Å². The molecule has 0 aromatic heterocycles. The molecule has 0 N–H and O–H groups in total. The Balaban J connectivity index is 2.06. The molecule has 50 valence electrons. The van der Waals surface area contributed by atoms with Gasteiger partial charge in [-0.05, 0) is 19.3 Å². The number of hydrogen-bond acceptors (Lipinski definition) is 1. The average Bonchev–Trinajstić information content (AvgIpc) is 2.64. The van der Waals surface area contributed by atoms with Crippen molar-refractivity contribution in [3.63, 3.8) is 0 Å². The van der Waals surface area contributed by atoms with Gasteiger partial charge in [-0.3, -0.25) is 0 Å². The maximum atomic E-state index is 5.33. The molecule has 0 bridgehead atoms. The van der Waals surface area contributed by atoms with Crippen LogP contribution in [-0.2, 0) is 4.74 Å². The van der Waals surface area contributed by atoms with Crippen LogP contribution in [0.1, 0.15) is 26.2 Å². The van der Waals surface area contributed by atoms with Crippen molar-refractivity contribution in [2.45, 2.75) is 38.4 Å². The molecule has 1 aliphatic heterocycles. The molecule has 0 saturated carbocycles. The number of allylic oxidation sites excluding steroid dienone is 1. The first kappa shape index (κ1) is 5.48. The quantitative estimate of drug-likeness (QED) is 0.384. The summed E-state index contributed by atoms with van der Waals surface area (Å²) in [6, 6.07) is 0. The minimum atomic E-state index is 0.522. The number of fused-ring (bicyclic) bond motifs is 1. The molecule has 2 aliphatic rings. The fourth-order valence-electron chi connectivity index (χ4n) is 1.47. The topological polar surface area (TPSA) is 12.5 Å². The highest BCUT2D eigenvalue weighted by atomic mass is 16.6. The van der Waals surface area contributed by atoms with Crippen molar-refractivity contribution in [1.29, 1.82) is 0 Å². The Bertz CT molecular complexity index is 149. The zero-order valence-electron chi connectivity index (χ0n) is 5.76. The van der Waals surface area contributed by atoms with Gasteiger partial charge >= 0.3 is 0 Å². The van der Waals surface area contributed by atoms with E-state index in [-0.39, 0.29) is 0 Å². The van der Waals surface area contributed by atoms with E-state index in [2.05, 4.69) is 13.0 Å². The van der Waals surface area contributed by atoms with Crippen LogP contribution in [0.2, 0.25) is 0 Å². The van der Waals surface area contributed by atoms with E-state index in [0.717, 1.165) is 0 Å². The molecule has 0 spiro atoms. The van der Waals surface area contributed by atoms with Crippen molar-refractivity contribution < 1.29 is 4.74 Å². The molecule has 1 nitrogen and oxygen atoms in total. The minimum absolute atomic E-state index is 0.522. The molecule has 2 rings (SSSR count). The summed E-state index contributed by atoms with van der Waals surface area (Å²) in [6.07, 6.45) is 7.19. The average molecular weight is 124 g/mol. The van der Waals surface area contributed by atoms with Gasteiger partial charge in [0.05, 0.1) is 6.10 Å². The van der Waals surface area contributed by atoms with Crippen LogP contribution in [0.4, 0.5) is 0 Å². The Kier molecular flexibility index (Phi) is 1.12. The van der Waals surface area contributed by atoms with Gasteiger partial charge in [-0.2, -0.15) is 0 Å². The molecule has 1 aliphatic carbocycles. The zero-order valence-corrected chi connectivity index (χ0v) is 5.76. The van der Waals surface area contributed by atoms with Crippen molar-refractivity contribution in [3.8, 4) is 0 Å². The molecule has 0 radical (unpaired) electrons. The van der Waals surface area contributed by atoms with Gasteiger partial charge in [0.2, 0.25) is 0 Å². The van der Waals surface area contributed by atoms with Crippen molar-refractivity contribution in [2.75, 3.05) is 0 Å². The van der Waals surface area contributed by atoms with Crippen LogP contribution in [0.3, 0.4) is 0 Å². The van der Waals surface area contributed by atoms with Gasteiger partial charge in [-0.1, -0.05) is 18.6 Å². The van der Waals surface area contributed by atoms with Crippen LogP contribution in [-0.4, -0.2) is 12.2 Å². The summed E-state index contributed by atoms with van der Waals surface area (Å²) in [5.41, 5.74) is 1.59. The molecule has 9 heavy (non-hydrogen) atoms. The SMILES string of the molecule is CCC1=CC2OC2CC1. The minimum Gasteiger partial charge on any atom is -0.365 e. The lowest BCUT2D eigenvalue weighted by molar-refractivity contribution is 0.384. The maximum Gasteiger partial charge on any atom is 0.103 e. The molecular weight excluding hydrogens is 112 g/mol. The number of ether oxygens (including phenoxy) is 1. The molecule has 0 aromatic carbocycles. The Morgan fingerprint density at radius 1 is 1.78 bits per heavy atom. The van der Waals surface area contributed by atoms with Crippen molar-refractivity contribution >= 4 is 0 Å². The van der Waals surface area contributed by atoms with E-state index in [1.54, 1.807) is 5.57 Å². The van der Waals surface area contributed by atoms with E-state index in [0.29, 0.717) is 12.2 Å². The summed E-state index contributed by atoms with van der Waals surface area (Å²) in [4.78, 5) is 0. The molecular formula is C8H12O. The van der Waals surface area contributed by atoms with Crippen LogP contribution < -0.4 is 0 Å². The Labute approximate surface area is 55.7 Å². The third kappa shape index (κ3) is 0.897. The van der Waals surface area contributed by atoms with Gasteiger partial charge < -0.3 is 4.74 Å². The largest absolute Gasteiger partial charge is 0.365 e. The number of rotatable bonds is 1. The smallest absolute Gasteiger partial charge is 0.103 e. The fourth-order valence-corrected chi connectivity index (χ4v) is 1.47. The summed E-state index contributed by atoms with van der Waals surface area (Å²) in [7, 11) is 0. The van der Waals surface area contributed by atoms with Gasteiger partial charge in [0.15, 0.2) is 0 Å². The molecule has 2 atom stereocenters. The predicted octanol–water partition coefficient (Wildman–Crippen LogP) is 1.88. The third-order valence-corrected chi connectivity index (χ3v) is 2.23. The van der Waals surface area contributed by atoms with Gasteiger partial charge in [-0.25, -0.2) is 0 Å². The first-order chi connectivity index (χ1) is 4.40. The first-order valence-electron chi connectivity index (χ1n) is 3.75. The van der Waals surface area contributed by atoms with E-state index in [9.17, 15) is 0 Å². The molecule has 1 heterocycles. The van der Waals surface area contributed by atoms with E-state index in [1.807, 2.05) is 0 Å². The second-order valence-corrected chi connectivity index (χ2v) is 2.86. The van der Waals surface area contributed by atoms with E-state index in [4.69, 9.17) is 4.74 Å². The first-order valence-corrected chi connectivity index (χ1v) is 3.75. The van der Waals surface area contributed by atoms with Gasteiger partial charge in [0.1, 0.15) is 6.10 Å². The third-order valence-electron chi connectivity index (χ3n) is 2.23. The Hall–Kier alpha value is -0.300. The lowest BCUT2D eigenvalue weighted by atomic mass is 9.98. The summed E-state index contributed by atoms with van der Waals surface area (Å²) < 4.78 is 5.33. The summed E-state index contributed by atoms with van der Waals surface area (Å²) in [6.45, 7) is 2.22. The van der Waals surface area contributed by atoms with Crippen LogP contribution in [0.5, 0.6) is 0 Å². The predicted molar refractivity (Wildman–Crippen MR) is 36.3 cm³/mol. The second kappa shape index (κ2) is 1.84. The molecule has 0 amide bonds. The number of epoxide rings is 1. The van der Waals surface area contributed by atoms with Crippen molar-refractivity contribution in [2.24, 2.45) is 0 Å². The van der Waals surface area contributed by atoms with E-state index < -0.39 is 0 Å². The molecule has 0 aromatic rings. The standard InChI is InChI=1S/C8H12O/c1-2-6-3-4-7-8(5-6)9-7/h5,7-8H,2-4H2,1H3. The van der Waals surface area contributed by atoms with Gasteiger partial charge in [0.25, 0.3) is 0 Å². The van der Waals surface area contributed by atoms with Crippen LogP contribution in [0.25, 0.3) is 0 Å². The normalized spacial score (nSPS) is 39.4. The highest BCUT2D eigenvalue weighted by Crippen LogP contribution is 2.35. The van der Waals surface area contributed by atoms with Crippen molar-refractivity contribution in [1.82, 2.24) is 0 Å². The molecule has 2 unspecified atom stereocenters. The van der Waals surface area contributed by atoms with Crippen LogP contribution in [0.15, 0.2) is 11.6 Å². The summed E-state index contributed by atoms with van der Waals surface area (Å²) >= 11 is 0. The second-order valence-electron chi connectivity index (χ2n) is 2.86. The van der Waals surface area contributed by atoms with Gasteiger partial charge in [0, 0.05) is 0 Å². The molecule has 1 saturated heterocycles. The summed E-state index contributed by atoms with van der Waals surface area (Å²) in [5, 5.41) is 0. The number of hydrogen-bond donors (Lipinski definition) is 0. The highest BCUT2D eigenvalue weighted by molar-refractivity contribution is 5.16. The fraction of sp³-hybridized carbons (Fsp3) is 0.750. The molecule has 1 heteroatoms. The zero-order chi connectivity index (χ0) is 6.27. The van der Waals surface area contributed by atoms with E-state index >= 15 is 0 Å². The molecule has 1 fully saturated rings. The van der Waals surface area contributed by atoms with Crippen LogP contribution >= 0.6 is 0 Å². The lowest BCUT2D eigenvalue weighted by Crippen LogP contribution is -1.99.